The van der Waals surface area contributed by atoms with Crippen LogP contribution in [0.3, 0.4) is 0 Å². The van der Waals surface area contributed by atoms with Gasteiger partial charge in [-0.15, -0.1) is 0 Å². The van der Waals surface area contributed by atoms with E-state index >= 15 is 0 Å². The number of ether oxygens (including phenoxy) is 2. The second-order valence-corrected chi connectivity index (χ2v) is 7.29. The topological polar surface area (TPSA) is 67.9 Å². The Morgan fingerprint density at radius 3 is 2.78 bits per heavy atom. The number of carbonyl (C=O) groups excluding carboxylic acids is 2. The first kappa shape index (κ1) is 19.6. The predicted molar refractivity (Wildman–Crippen MR) is 104 cm³/mol. The van der Waals surface area contributed by atoms with Crippen molar-refractivity contribution in [3.05, 3.63) is 41.5 Å². The predicted octanol–water partition coefficient (Wildman–Crippen LogP) is 2.68. The molecule has 1 aromatic carbocycles. The summed E-state index contributed by atoms with van der Waals surface area (Å²) in [5, 5.41) is 3.03. The first-order chi connectivity index (χ1) is 13.0. The third-order valence-corrected chi connectivity index (χ3v) is 4.93. The summed E-state index contributed by atoms with van der Waals surface area (Å²) >= 11 is 0. The van der Waals surface area contributed by atoms with Crippen molar-refractivity contribution in [3.63, 3.8) is 0 Å². The van der Waals surface area contributed by atoms with Gasteiger partial charge in [-0.3, -0.25) is 9.59 Å². The highest BCUT2D eigenvalue weighted by Crippen LogP contribution is 2.22. The highest BCUT2D eigenvalue weighted by Gasteiger charge is 2.28. The highest BCUT2D eigenvalue weighted by atomic mass is 16.5. The van der Waals surface area contributed by atoms with Crippen LogP contribution in [0.5, 0.6) is 0 Å². The van der Waals surface area contributed by atoms with Gasteiger partial charge < -0.3 is 19.7 Å². The number of amides is 2. The van der Waals surface area contributed by atoms with E-state index in [0.29, 0.717) is 31.8 Å². The lowest BCUT2D eigenvalue weighted by Crippen LogP contribution is -2.50. The molecule has 0 aromatic heterocycles. The van der Waals surface area contributed by atoms with E-state index in [1.807, 2.05) is 32.1 Å². The van der Waals surface area contributed by atoms with Crippen LogP contribution < -0.4 is 10.2 Å². The summed E-state index contributed by atoms with van der Waals surface area (Å²) in [7, 11) is 0. The van der Waals surface area contributed by atoms with Gasteiger partial charge in [0, 0.05) is 30.8 Å². The Labute approximate surface area is 160 Å². The molecule has 27 heavy (non-hydrogen) atoms. The normalized spacial score (nSPS) is 22.6. The minimum Gasteiger partial charge on any atom is -0.379 e. The Morgan fingerprint density at radius 1 is 1.33 bits per heavy atom. The monoisotopic (exact) mass is 372 g/mol. The van der Waals surface area contributed by atoms with E-state index in [4.69, 9.17) is 9.47 Å². The molecule has 2 heterocycles. The first-order valence-electron chi connectivity index (χ1n) is 9.58. The maximum atomic E-state index is 12.6. The zero-order chi connectivity index (χ0) is 19.2. The molecule has 2 saturated heterocycles. The number of benzene rings is 1. The average Bonchev–Trinajstić information content (AvgIpc) is 3.09. The third-order valence-electron chi connectivity index (χ3n) is 4.93. The van der Waals surface area contributed by atoms with Crippen LogP contribution in [0.1, 0.15) is 43.5 Å². The van der Waals surface area contributed by atoms with Crippen molar-refractivity contribution in [2.45, 2.75) is 45.3 Å². The fourth-order valence-electron chi connectivity index (χ4n) is 3.36. The number of anilines is 1. The molecular formula is C21H28N2O4. The summed E-state index contributed by atoms with van der Waals surface area (Å²) in [6.45, 7) is 6.44. The van der Waals surface area contributed by atoms with Crippen LogP contribution in [-0.4, -0.2) is 50.3 Å². The van der Waals surface area contributed by atoms with Gasteiger partial charge in [-0.1, -0.05) is 11.6 Å². The summed E-state index contributed by atoms with van der Waals surface area (Å²) in [5.41, 5.74) is 2.62. The van der Waals surface area contributed by atoms with Crippen molar-refractivity contribution in [2.24, 2.45) is 0 Å². The van der Waals surface area contributed by atoms with Gasteiger partial charge in [-0.2, -0.15) is 0 Å². The van der Waals surface area contributed by atoms with E-state index in [-0.39, 0.29) is 24.0 Å². The lowest BCUT2D eigenvalue weighted by Gasteiger charge is -2.32. The molecule has 2 amide bonds. The molecule has 2 atom stereocenters. The quantitative estimate of drug-likeness (QED) is 0.780. The molecule has 0 spiro atoms. The zero-order valence-electron chi connectivity index (χ0n) is 16.1. The van der Waals surface area contributed by atoms with Crippen LogP contribution in [0.25, 0.3) is 0 Å². The molecule has 3 rings (SSSR count). The Hall–Kier alpha value is -2.18. The van der Waals surface area contributed by atoms with E-state index in [1.165, 1.54) is 5.57 Å². The SMILES string of the molecule is CC(C)=CCO[C@@H]1CCOC[C@@H]1NC(=O)c1ccc(N2CCCC2=O)cc1. The van der Waals surface area contributed by atoms with Crippen molar-refractivity contribution in [3.8, 4) is 0 Å². The van der Waals surface area contributed by atoms with Gasteiger partial charge in [0.15, 0.2) is 0 Å². The van der Waals surface area contributed by atoms with Gasteiger partial charge in [-0.05, 0) is 51.0 Å². The molecule has 0 saturated carbocycles. The van der Waals surface area contributed by atoms with E-state index in [2.05, 4.69) is 5.32 Å². The fourth-order valence-corrected chi connectivity index (χ4v) is 3.36. The molecule has 0 bridgehead atoms. The maximum Gasteiger partial charge on any atom is 0.251 e. The lowest BCUT2D eigenvalue weighted by molar-refractivity contribution is -0.117. The summed E-state index contributed by atoms with van der Waals surface area (Å²) in [6.07, 6.45) is 4.22. The van der Waals surface area contributed by atoms with Gasteiger partial charge in [-0.25, -0.2) is 0 Å². The molecule has 2 fully saturated rings. The van der Waals surface area contributed by atoms with Crippen LogP contribution in [0.15, 0.2) is 35.9 Å². The molecule has 0 aliphatic carbocycles. The van der Waals surface area contributed by atoms with Gasteiger partial charge in [0.1, 0.15) is 0 Å². The van der Waals surface area contributed by atoms with Crippen LogP contribution in [-0.2, 0) is 14.3 Å². The van der Waals surface area contributed by atoms with Crippen LogP contribution in [0.4, 0.5) is 5.69 Å². The Kier molecular flexibility index (Phi) is 6.63. The summed E-state index contributed by atoms with van der Waals surface area (Å²) in [6, 6.07) is 7.02. The second kappa shape index (κ2) is 9.15. The Morgan fingerprint density at radius 2 is 2.11 bits per heavy atom. The molecule has 0 radical (unpaired) electrons. The summed E-state index contributed by atoms with van der Waals surface area (Å²) in [5.74, 6) is -0.0106. The molecule has 0 unspecified atom stereocenters. The minimum absolute atomic E-state index is 0.0557. The van der Waals surface area contributed by atoms with Crippen molar-refractivity contribution in [2.75, 3.05) is 31.3 Å². The minimum atomic E-state index is -0.170. The fraction of sp³-hybridized carbons (Fsp3) is 0.524. The van der Waals surface area contributed by atoms with Crippen molar-refractivity contribution < 1.29 is 19.1 Å². The second-order valence-electron chi connectivity index (χ2n) is 7.29. The lowest BCUT2D eigenvalue weighted by atomic mass is 10.1. The number of nitrogens with zero attached hydrogens (tertiary/aromatic N) is 1. The molecule has 6 nitrogen and oxygen atoms in total. The van der Waals surface area contributed by atoms with Crippen LogP contribution >= 0.6 is 0 Å². The van der Waals surface area contributed by atoms with Crippen molar-refractivity contribution in [1.82, 2.24) is 5.32 Å². The zero-order valence-corrected chi connectivity index (χ0v) is 16.1. The van der Waals surface area contributed by atoms with Crippen LogP contribution in [0, 0.1) is 0 Å². The number of nitrogens with one attached hydrogen (secondary N) is 1. The summed E-state index contributed by atoms with van der Waals surface area (Å²) < 4.78 is 11.4. The molecule has 2 aliphatic heterocycles. The molecule has 6 heteroatoms. The van der Waals surface area contributed by atoms with Crippen LogP contribution in [0.2, 0.25) is 0 Å². The summed E-state index contributed by atoms with van der Waals surface area (Å²) in [4.78, 5) is 26.2. The van der Waals surface area contributed by atoms with Gasteiger partial charge in [0.25, 0.3) is 5.91 Å². The number of rotatable bonds is 6. The average molecular weight is 372 g/mol. The number of hydrogen-bond acceptors (Lipinski definition) is 4. The van der Waals surface area contributed by atoms with Gasteiger partial charge in [0.2, 0.25) is 5.91 Å². The number of allylic oxidation sites excluding steroid dienone is 1. The Bertz CT molecular complexity index is 695. The molecule has 1 aromatic rings. The maximum absolute atomic E-state index is 12.6. The third kappa shape index (κ3) is 5.17. The van der Waals surface area contributed by atoms with E-state index in [0.717, 1.165) is 25.1 Å². The molecule has 2 aliphatic rings. The largest absolute Gasteiger partial charge is 0.379 e. The first-order valence-corrected chi connectivity index (χ1v) is 9.58. The number of hydrogen-bond donors (Lipinski definition) is 1. The van der Waals surface area contributed by atoms with Gasteiger partial charge >= 0.3 is 0 Å². The van der Waals surface area contributed by atoms with Crippen molar-refractivity contribution >= 4 is 17.5 Å². The molecule has 1 N–H and O–H groups in total. The van der Waals surface area contributed by atoms with Crippen molar-refractivity contribution in [1.29, 1.82) is 0 Å². The smallest absolute Gasteiger partial charge is 0.251 e. The molecule has 146 valence electrons. The van der Waals surface area contributed by atoms with E-state index < -0.39 is 0 Å². The molecular weight excluding hydrogens is 344 g/mol. The van der Waals surface area contributed by atoms with Gasteiger partial charge in [0.05, 0.1) is 25.4 Å². The van der Waals surface area contributed by atoms with E-state index in [1.54, 1.807) is 17.0 Å². The highest BCUT2D eigenvalue weighted by molar-refractivity contribution is 5.97. The Balaban J connectivity index is 1.59. The number of carbonyl (C=O) groups is 2. The van der Waals surface area contributed by atoms with E-state index in [9.17, 15) is 9.59 Å². The standard InChI is InChI=1S/C21H28N2O4/c1-15(2)9-13-27-19-10-12-26-14-18(19)22-21(25)16-5-7-17(8-6-16)23-11-3-4-20(23)24/h5-9,18-19H,3-4,10-14H2,1-2H3,(H,22,25)/t18-,19+/m0/s1.